The van der Waals surface area contributed by atoms with Crippen molar-refractivity contribution in [2.45, 2.75) is 33.0 Å². The minimum Gasteiger partial charge on any atom is -0.489 e. The van der Waals surface area contributed by atoms with Crippen LogP contribution in [0.25, 0.3) is 5.57 Å². The molecule has 0 fully saturated rings. The molecule has 0 aliphatic carbocycles. The molecular formula is C22H24BrNO3. The van der Waals surface area contributed by atoms with Gasteiger partial charge in [0.25, 0.3) is 0 Å². The third kappa shape index (κ3) is 5.36. The van der Waals surface area contributed by atoms with Crippen LogP contribution in [-0.4, -0.2) is 29.7 Å². The highest BCUT2D eigenvalue weighted by Gasteiger charge is 2.29. The standard InChI is InChI=1S/C22H24BrNO3/c1-22(2,3)27-21(25)24-13-19(20(23)14-24)17-10-7-11-18(12-17)26-15-16-8-5-4-6-9-16/h4-12H,13-15H2,1-3H3. The van der Waals surface area contributed by atoms with Crippen LogP contribution in [0.5, 0.6) is 5.75 Å². The van der Waals surface area contributed by atoms with Gasteiger partial charge in [0.15, 0.2) is 0 Å². The van der Waals surface area contributed by atoms with Crippen LogP contribution < -0.4 is 4.74 Å². The molecule has 2 aromatic carbocycles. The van der Waals surface area contributed by atoms with Crippen molar-refractivity contribution in [3.05, 3.63) is 70.2 Å². The van der Waals surface area contributed by atoms with E-state index >= 15 is 0 Å². The predicted molar refractivity (Wildman–Crippen MR) is 111 cm³/mol. The van der Waals surface area contributed by atoms with Crippen LogP contribution in [0.3, 0.4) is 0 Å². The first-order valence-electron chi connectivity index (χ1n) is 8.94. The molecule has 0 spiro atoms. The molecule has 1 aliphatic rings. The van der Waals surface area contributed by atoms with Crippen molar-refractivity contribution in [3.8, 4) is 5.75 Å². The Kier molecular flexibility index (Phi) is 5.90. The Morgan fingerprint density at radius 3 is 2.52 bits per heavy atom. The number of benzene rings is 2. The lowest BCUT2D eigenvalue weighted by atomic mass is 10.1. The lowest BCUT2D eigenvalue weighted by Gasteiger charge is -2.24. The maximum atomic E-state index is 12.3. The molecule has 0 unspecified atom stereocenters. The van der Waals surface area contributed by atoms with Crippen LogP contribution >= 0.6 is 15.9 Å². The molecule has 2 aromatic rings. The second-order valence-corrected chi connectivity index (χ2v) is 8.48. The van der Waals surface area contributed by atoms with E-state index in [0.29, 0.717) is 19.7 Å². The average molecular weight is 430 g/mol. The van der Waals surface area contributed by atoms with Gasteiger partial charge in [0.1, 0.15) is 18.0 Å². The van der Waals surface area contributed by atoms with Gasteiger partial charge >= 0.3 is 6.09 Å². The van der Waals surface area contributed by atoms with Gasteiger partial charge in [-0.3, -0.25) is 4.90 Å². The van der Waals surface area contributed by atoms with Crippen molar-refractivity contribution in [3.63, 3.8) is 0 Å². The van der Waals surface area contributed by atoms with Gasteiger partial charge in [0.2, 0.25) is 0 Å². The van der Waals surface area contributed by atoms with Crippen LogP contribution in [-0.2, 0) is 11.3 Å². The SMILES string of the molecule is CC(C)(C)OC(=O)N1CC(Br)=C(c2cccc(OCc3ccccc3)c2)C1. The fourth-order valence-corrected chi connectivity index (χ4v) is 3.47. The maximum Gasteiger partial charge on any atom is 0.410 e. The van der Waals surface area contributed by atoms with Crippen LogP contribution in [0.4, 0.5) is 4.79 Å². The van der Waals surface area contributed by atoms with E-state index in [-0.39, 0.29) is 6.09 Å². The molecule has 4 nitrogen and oxygen atoms in total. The summed E-state index contributed by atoms with van der Waals surface area (Å²) in [5.74, 6) is 0.805. The van der Waals surface area contributed by atoms with Crippen molar-refractivity contribution in [1.29, 1.82) is 0 Å². The zero-order chi connectivity index (χ0) is 19.4. The van der Waals surface area contributed by atoms with Gasteiger partial charge in [0, 0.05) is 4.48 Å². The number of ether oxygens (including phenoxy) is 2. The molecule has 0 radical (unpaired) electrons. The largest absolute Gasteiger partial charge is 0.489 e. The Morgan fingerprint density at radius 2 is 1.81 bits per heavy atom. The van der Waals surface area contributed by atoms with E-state index in [1.165, 1.54) is 0 Å². The predicted octanol–water partition coefficient (Wildman–Crippen LogP) is 5.62. The van der Waals surface area contributed by atoms with Gasteiger partial charge in [0.05, 0.1) is 13.1 Å². The minimum absolute atomic E-state index is 0.300. The van der Waals surface area contributed by atoms with Gasteiger partial charge < -0.3 is 9.47 Å². The van der Waals surface area contributed by atoms with Gasteiger partial charge in [-0.05, 0) is 49.6 Å². The molecule has 0 saturated carbocycles. The second kappa shape index (κ2) is 8.17. The van der Waals surface area contributed by atoms with E-state index in [1.807, 2.05) is 75.4 Å². The number of nitrogens with zero attached hydrogens (tertiary/aromatic N) is 1. The molecule has 27 heavy (non-hydrogen) atoms. The van der Waals surface area contributed by atoms with E-state index in [0.717, 1.165) is 26.9 Å². The Hall–Kier alpha value is -2.27. The number of halogens is 1. The minimum atomic E-state index is -0.502. The number of carbonyl (C=O) groups is 1. The third-order valence-electron chi connectivity index (χ3n) is 4.09. The van der Waals surface area contributed by atoms with Crippen LogP contribution in [0.15, 0.2) is 59.1 Å². The molecule has 1 aliphatic heterocycles. The Bertz CT molecular complexity index is 840. The maximum absolute atomic E-state index is 12.3. The van der Waals surface area contributed by atoms with Crippen molar-refractivity contribution in [1.82, 2.24) is 4.90 Å². The molecule has 0 aromatic heterocycles. The molecule has 0 saturated heterocycles. The summed E-state index contributed by atoms with van der Waals surface area (Å²) in [5, 5.41) is 0. The molecule has 0 N–H and O–H groups in total. The lowest BCUT2D eigenvalue weighted by molar-refractivity contribution is 0.0305. The molecule has 1 heterocycles. The Morgan fingerprint density at radius 1 is 1.07 bits per heavy atom. The van der Waals surface area contributed by atoms with Crippen molar-refractivity contribution in [2.24, 2.45) is 0 Å². The summed E-state index contributed by atoms with van der Waals surface area (Å²) in [6, 6.07) is 18.0. The zero-order valence-electron chi connectivity index (χ0n) is 15.9. The summed E-state index contributed by atoms with van der Waals surface area (Å²) in [5.41, 5.74) is 2.74. The summed E-state index contributed by atoms with van der Waals surface area (Å²) in [6.07, 6.45) is -0.300. The molecule has 5 heteroatoms. The summed E-state index contributed by atoms with van der Waals surface area (Å²) in [4.78, 5) is 14.0. The second-order valence-electron chi connectivity index (χ2n) is 7.52. The fraction of sp³-hybridized carbons (Fsp3) is 0.318. The highest BCUT2D eigenvalue weighted by molar-refractivity contribution is 9.11. The highest BCUT2D eigenvalue weighted by atomic mass is 79.9. The summed E-state index contributed by atoms with van der Waals surface area (Å²) < 4.78 is 12.4. The Balaban J connectivity index is 1.67. The monoisotopic (exact) mass is 429 g/mol. The summed E-state index contributed by atoms with van der Waals surface area (Å²) in [6.45, 7) is 7.17. The van der Waals surface area contributed by atoms with Gasteiger partial charge in [-0.15, -0.1) is 0 Å². The topological polar surface area (TPSA) is 38.8 Å². The molecule has 0 atom stereocenters. The van der Waals surface area contributed by atoms with E-state index < -0.39 is 5.60 Å². The Labute approximate surface area is 168 Å². The van der Waals surface area contributed by atoms with Gasteiger partial charge in [-0.1, -0.05) is 58.4 Å². The fourth-order valence-electron chi connectivity index (χ4n) is 2.81. The number of hydrogen-bond acceptors (Lipinski definition) is 3. The van der Waals surface area contributed by atoms with E-state index in [1.54, 1.807) is 4.90 Å². The number of hydrogen-bond donors (Lipinski definition) is 0. The first kappa shape index (κ1) is 19.5. The van der Waals surface area contributed by atoms with E-state index in [4.69, 9.17) is 9.47 Å². The van der Waals surface area contributed by atoms with E-state index in [2.05, 4.69) is 15.9 Å². The molecule has 3 rings (SSSR count). The van der Waals surface area contributed by atoms with E-state index in [9.17, 15) is 4.79 Å². The van der Waals surface area contributed by atoms with Crippen molar-refractivity contribution >= 4 is 27.6 Å². The molecule has 1 amide bonds. The van der Waals surface area contributed by atoms with Crippen LogP contribution in [0, 0.1) is 0 Å². The van der Waals surface area contributed by atoms with Crippen molar-refractivity contribution < 1.29 is 14.3 Å². The summed E-state index contributed by atoms with van der Waals surface area (Å²) >= 11 is 3.62. The summed E-state index contributed by atoms with van der Waals surface area (Å²) in [7, 11) is 0. The lowest BCUT2D eigenvalue weighted by Crippen LogP contribution is -2.35. The molecule has 142 valence electrons. The first-order valence-corrected chi connectivity index (χ1v) is 9.74. The smallest absolute Gasteiger partial charge is 0.410 e. The van der Waals surface area contributed by atoms with Crippen molar-refractivity contribution in [2.75, 3.05) is 13.1 Å². The molecule has 0 bridgehead atoms. The number of rotatable bonds is 4. The van der Waals surface area contributed by atoms with Gasteiger partial charge in [-0.2, -0.15) is 0 Å². The van der Waals surface area contributed by atoms with Crippen LogP contribution in [0.2, 0.25) is 0 Å². The highest BCUT2D eigenvalue weighted by Crippen LogP contribution is 2.33. The zero-order valence-corrected chi connectivity index (χ0v) is 17.5. The van der Waals surface area contributed by atoms with Gasteiger partial charge in [-0.25, -0.2) is 4.79 Å². The number of carbonyl (C=O) groups excluding carboxylic acids is 1. The average Bonchev–Trinajstić information content (AvgIpc) is 3.02. The third-order valence-corrected chi connectivity index (χ3v) is 4.82. The van der Waals surface area contributed by atoms with Crippen LogP contribution in [0.1, 0.15) is 31.9 Å². The quantitative estimate of drug-likeness (QED) is 0.632. The normalized spacial score (nSPS) is 14.4. The first-order chi connectivity index (χ1) is 12.8. The number of amides is 1. The molecular weight excluding hydrogens is 406 g/mol.